The van der Waals surface area contributed by atoms with Gasteiger partial charge in [-0.25, -0.2) is 5.84 Å². The van der Waals surface area contributed by atoms with Crippen molar-refractivity contribution in [2.45, 2.75) is 32.2 Å². The maximum absolute atomic E-state index is 6.62. The largest absolute Gasteiger partial charge is 0.400 e. The van der Waals surface area contributed by atoms with E-state index in [1.165, 1.54) is 11.1 Å². The number of nitrogens with two attached hydrogens (primary N) is 2. The molecule has 1 saturated carbocycles. The predicted molar refractivity (Wildman–Crippen MR) is 126 cm³/mol. The van der Waals surface area contributed by atoms with Gasteiger partial charge in [-0.05, 0) is 55.5 Å². The van der Waals surface area contributed by atoms with Gasteiger partial charge in [-0.1, -0.05) is 29.8 Å². The first-order valence-corrected chi connectivity index (χ1v) is 11.0. The molecule has 31 heavy (non-hydrogen) atoms. The molecule has 2 aromatic carbocycles. The highest BCUT2D eigenvalue weighted by Gasteiger charge is 2.32. The number of nitrogens with zero attached hydrogens (tertiary/aromatic N) is 3. The molecule has 2 aliphatic rings. The molecule has 5 rings (SSSR count). The van der Waals surface area contributed by atoms with Gasteiger partial charge in [0.25, 0.3) is 0 Å². The molecule has 3 aromatic rings. The Morgan fingerprint density at radius 3 is 2.52 bits per heavy atom. The second kappa shape index (κ2) is 7.78. The molecule has 5 N–H and O–H groups in total. The molecule has 160 valence electrons. The van der Waals surface area contributed by atoms with Crippen LogP contribution in [0, 0.1) is 12.8 Å². The summed E-state index contributed by atoms with van der Waals surface area (Å²) in [4.78, 5) is 0. The van der Waals surface area contributed by atoms with E-state index in [0.717, 1.165) is 59.6 Å². The molecule has 0 amide bonds. The first kappa shape index (κ1) is 19.7. The van der Waals surface area contributed by atoms with Crippen molar-refractivity contribution in [3.05, 3.63) is 77.2 Å². The Bertz CT molecular complexity index is 1120. The normalized spacial score (nSPS) is 20.2. The fourth-order valence-electron chi connectivity index (χ4n) is 4.42. The molecule has 2 heterocycles. The number of hydrazine groups is 1. The van der Waals surface area contributed by atoms with Crippen LogP contribution in [0.3, 0.4) is 0 Å². The van der Waals surface area contributed by atoms with Crippen LogP contribution in [0.1, 0.15) is 42.0 Å². The lowest BCUT2D eigenvalue weighted by atomic mass is 9.92. The molecular formula is C25H30N6. The number of benzene rings is 2. The van der Waals surface area contributed by atoms with Crippen molar-refractivity contribution in [2.75, 3.05) is 11.9 Å². The number of aryl methyl sites for hydroxylation is 2. The minimum atomic E-state index is 0.130. The number of nitrogens with one attached hydrogen (secondary N) is 1. The minimum absolute atomic E-state index is 0.130. The average molecular weight is 415 g/mol. The van der Waals surface area contributed by atoms with Gasteiger partial charge in [0, 0.05) is 48.2 Å². The number of allylic oxidation sites excluding steroid dienone is 1. The van der Waals surface area contributed by atoms with Gasteiger partial charge in [0.05, 0.1) is 17.9 Å². The Balaban J connectivity index is 1.62. The molecule has 0 saturated heterocycles. The summed E-state index contributed by atoms with van der Waals surface area (Å²) in [6, 6.07) is 15.3. The van der Waals surface area contributed by atoms with E-state index in [2.05, 4.69) is 59.8 Å². The topological polar surface area (TPSA) is 85.1 Å². The molecule has 0 radical (unpaired) electrons. The van der Waals surface area contributed by atoms with Crippen molar-refractivity contribution in [1.82, 2.24) is 14.8 Å². The van der Waals surface area contributed by atoms with Gasteiger partial charge in [-0.2, -0.15) is 5.10 Å². The summed E-state index contributed by atoms with van der Waals surface area (Å²) in [6.07, 6.45) is 7.14. The zero-order valence-corrected chi connectivity index (χ0v) is 18.2. The Kier molecular flexibility index (Phi) is 4.94. The number of hydrogen-bond donors (Lipinski definition) is 3. The first-order chi connectivity index (χ1) is 15.0. The third-order valence-corrected chi connectivity index (χ3v) is 6.35. The molecule has 1 fully saturated rings. The van der Waals surface area contributed by atoms with Gasteiger partial charge in [0.1, 0.15) is 0 Å². The van der Waals surface area contributed by atoms with Crippen LogP contribution in [-0.2, 0) is 7.05 Å². The molecule has 0 bridgehead atoms. The molecule has 1 unspecified atom stereocenters. The maximum atomic E-state index is 6.62. The van der Waals surface area contributed by atoms with Crippen LogP contribution >= 0.6 is 0 Å². The number of anilines is 1. The van der Waals surface area contributed by atoms with Crippen LogP contribution in [0.2, 0.25) is 0 Å². The smallest absolute Gasteiger partial charge is 0.0783 e. The van der Waals surface area contributed by atoms with Gasteiger partial charge in [-0.3, -0.25) is 4.68 Å². The highest BCUT2D eigenvalue weighted by Crippen LogP contribution is 2.42. The van der Waals surface area contributed by atoms with Crippen molar-refractivity contribution >= 4 is 11.4 Å². The Morgan fingerprint density at radius 2 is 1.84 bits per heavy atom. The second-order valence-corrected chi connectivity index (χ2v) is 8.83. The summed E-state index contributed by atoms with van der Waals surface area (Å²) in [7, 11) is 1.94. The van der Waals surface area contributed by atoms with E-state index in [1.54, 1.807) is 0 Å². The standard InChI is InChI=1S/C25H30N6/c1-16-3-8-20(9-4-16)29-23-11-12-31(27)25(24(26)17-5-6-17)21-10-7-18(13-22(21)23)19-14-28-30(2)15-19/h3-4,7-10,13-15,17,23,29H,5-6,11-12,26-27H2,1-2H3/b25-24-. The average Bonchev–Trinajstić information content (AvgIpc) is 3.54. The van der Waals surface area contributed by atoms with Crippen LogP contribution in [0.25, 0.3) is 16.8 Å². The summed E-state index contributed by atoms with van der Waals surface area (Å²) in [5, 5.41) is 9.95. The number of fused-ring (bicyclic) bond motifs is 1. The minimum Gasteiger partial charge on any atom is -0.400 e. The highest BCUT2D eigenvalue weighted by molar-refractivity contribution is 5.75. The van der Waals surface area contributed by atoms with E-state index in [1.807, 2.05) is 29.1 Å². The van der Waals surface area contributed by atoms with Crippen molar-refractivity contribution < 1.29 is 0 Å². The molecule has 1 aliphatic heterocycles. The Morgan fingerprint density at radius 1 is 1.06 bits per heavy atom. The van der Waals surface area contributed by atoms with E-state index in [4.69, 9.17) is 11.6 Å². The lowest BCUT2D eigenvalue weighted by Gasteiger charge is -2.23. The van der Waals surface area contributed by atoms with E-state index >= 15 is 0 Å². The van der Waals surface area contributed by atoms with Gasteiger partial charge in [0.2, 0.25) is 0 Å². The van der Waals surface area contributed by atoms with Crippen LogP contribution in [0.4, 0.5) is 5.69 Å². The van der Waals surface area contributed by atoms with Crippen molar-refractivity contribution in [2.24, 2.45) is 24.5 Å². The molecule has 6 heteroatoms. The van der Waals surface area contributed by atoms with Crippen molar-refractivity contribution in [1.29, 1.82) is 0 Å². The summed E-state index contributed by atoms with van der Waals surface area (Å²) in [6.45, 7) is 2.85. The molecule has 1 atom stereocenters. The Labute approximate surface area is 183 Å². The second-order valence-electron chi connectivity index (χ2n) is 8.83. The van der Waals surface area contributed by atoms with Gasteiger partial charge in [-0.15, -0.1) is 0 Å². The quantitative estimate of drug-likeness (QED) is 0.558. The van der Waals surface area contributed by atoms with E-state index in [9.17, 15) is 0 Å². The first-order valence-electron chi connectivity index (χ1n) is 11.0. The summed E-state index contributed by atoms with van der Waals surface area (Å²) in [5.74, 6) is 6.99. The fourth-order valence-corrected chi connectivity index (χ4v) is 4.42. The molecule has 6 nitrogen and oxygen atoms in total. The van der Waals surface area contributed by atoms with E-state index < -0.39 is 0 Å². The zero-order chi connectivity index (χ0) is 21.5. The van der Waals surface area contributed by atoms with Crippen LogP contribution in [0.5, 0.6) is 0 Å². The molecule has 1 aliphatic carbocycles. The number of aromatic nitrogens is 2. The monoisotopic (exact) mass is 414 g/mol. The van der Waals surface area contributed by atoms with Crippen LogP contribution < -0.4 is 16.9 Å². The van der Waals surface area contributed by atoms with Crippen LogP contribution in [0.15, 0.2) is 60.6 Å². The van der Waals surface area contributed by atoms with Gasteiger partial charge in [0.15, 0.2) is 0 Å². The maximum Gasteiger partial charge on any atom is 0.0783 e. The van der Waals surface area contributed by atoms with Crippen molar-refractivity contribution in [3.8, 4) is 11.1 Å². The van der Waals surface area contributed by atoms with E-state index in [-0.39, 0.29) is 6.04 Å². The Hall–Kier alpha value is -3.25. The third kappa shape index (κ3) is 3.91. The lowest BCUT2D eigenvalue weighted by Crippen LogP contribution is -2.32. The summed E-state index contributed by atoms with van der Waals surface area (Å²) in [5.41, 5.74) is 15.5. The SMILES string of the molecule is Cc1ccc(NC2CCN(N)/C(=C(\N)C3CC3)c3ccc(-c4cnn(C)c4)cc32)cc1. The predicted octanol–water partition coefficient (Wildman–Crippen LogP) is 4.17. The third-order valence-electron chi connectivity index (χ3n) is 6.35. The summed E-state index contributed by atoms with van der Waals surface area (Å²) >= 11 is 0. The van der Waals surface area contributed by atoms with E-state index in [0.29, 0.717) is 5.92 Å². The highest BCUT2D eigenvalue weighted by atomic mass is 15.4. The van der Waals surface area contributed by atoms with Crippen molar-refractivity contribution in [3.63, 3.8) is 0 Å². The van der Waals surface area contributed by atoms with Gasteiger partial charge >= 0.3 is 0 Å². The fraction of sp³-hybridized carbons (Fsp3) is 0.320. The van der Waals surface area contributed by atoms with Gasteiger partial charge < -0.3 is 16.1 Å². The summed E-state index contributed by atoms with van der Waals surface area (Å²) < 4.78 is 1.83. The number of rotatable bonds is 4. The molecule has 0 spiro atoms. The molecular weight excluding hydrogens is 384 g/mol. The lowest BCUT2D eigenvalue weighted by molar-refractivity contribution is 0.400. The zero-order valence-electron chi connectivity index (χ0n) is 18.2. The van der Waals surface area contributed by atoms with Crippen LogP contribution in [-0.4, -0.2) is 21.3 Å². The number of hydrogen-bond acceptors (Lipinski definition) is 5. The molecule has 1 aromatic heterocycles.